The maximum absolute atomic E-state index is 14.8. The van der Waals surface area contributed by atoms with Crippen LogP contribution < -0.4 is 0 Å². The molecule has 0 saturated heterocycles. The number of benzene rings is 2. The summed E-state index contributed by atoms with van der Waals surface area (Å²) in [5.74, 6) is -0.308. The fourth-order valence-corrected chi connectivity index (χ4v) is 24.4. The summed E-state index contributed by atoms with van der Waals surface area (Å²) in [6.45, 7) is 11.4. The van der Waals surface area contributed by atoms with Crippen molar-refractivity contribution < 1.29 is 26.2 Å². The first-order valence-electron chi connectivity index (χ1n) is 10.7. The van der Waals surface area contributed by atoms with Crippen molar-refractivity contribution in [2.75, 3.05) is 0 Å². The van der Waals surface area contributed by atoms with Crippen LogP contribution in [0.5, 0.6) is 0 Å². The van der Waals surface area contributed by atoms with Crippen molar-refractivity contribution >= 4 is 12.5 Å². The molecule has 2 unspecified atom stereocenters. The number of hydrogen-bond acceptors (Lipinski definition) is 0. The second-order valence-electron chi connectivity index (χ2n) is 10.1. The van der Waals surface area contributed by atoms with Gasteiger partial charge in [-0.25, -0.2) is 0 Å². The van der Waals surface area contributed by atoms with Gasteiger partial charge in [0.15, 0.2) is 0 Å². The van der Waals surface area contributed by atoms with Crippen molar-refractivity contribution in [1.29, 1.82) is 0 Å². The predicted molar refractivity (Wildman–Crippen MR) is 123 cm³/mol. The molecule has 2 aliphatic rings. The third-order valence-electron chi connectivity index (χ3n) is 7.66. The summed E-state index contributed by atoms with van der Waals surface area (Å²) < 4.78 is 35.8. The fourth-order valence-electron chi connectivity index (χ4n) is 5.92. The van der Waals surface area contributed by atoms with Crippen molar-refractivity contribution in [2.24, 2.45) is 5.92 Å². The van der Waals surface area contributed by atoms with Gasteiger partial charge in [0.05, 0.1) is 0 Å². The third-order valence-corrected chi connectivity index (χ3v) is 24.9. The second kappa shape index (κ2) is 7.07. The molecule has 2 aromatic rings. The molecular formula is C26H30F2SiZr. The van der Waals surface area contributed by atoms with Crippen molar-refractivity contribution in [3.63, 3.8) is 0 Å². The Hall–Kier alpha value is -1.38. The van der Waals surface area contributed by atoms with Gasteiger partial charge in [0.25, 0.3) is 0 Å². The molecule has 0 aromatic heterocycles. The Bertz CT molecular complexity index is 1240. The van der Waals surface area contributed by atoms with Crippen LogP contribution in [0.1, 0.15) is 48.0 Å². The first-order valence-corrected chi connectivity index (χ1v) is 24.1. The zero-order chi connectivity index (χ0) is 22.0. The zero-order valence-electron chi connectivity index (χ0n) is 18.7. The molecule has 4 rings (SSSR count). The Labute approximate surface area is 181 Å². The summed E-state index contributed by atoms with van der Waals surface area (Å²) in [5, 5.41) is 0. The summed E-state index contributed by atoms with van der Waals surface area (Å²) in [5.41, 5.74) is 7.90. The van der Waals surface area contributed by atoms with E-state index in [0.29, 0.717) is 11.5 Å². The molecule has 0 bridgehead atoms. The average molecular weight is 500 g/mol. The molecule has 2 aromatic carbocycles. The third kappa shape index (κ3) is 3.14. The van der Waals surface area contributed by atoms with Gasteiger partial charge >= 0.3 is 182 Å². The molecule has 4 heteroatoms. The van der Waals surface area contributed by atoms with Crippen LogP contribution in [0.4, 0.5) is 8.78 Å². The first-order chi connectivity index (χ1) is 13.9. The summed E-state index contributed by atoms with van der Waals surface area (Å²) in [4.78, 5) is 0. The molecule has 0 spiro atoms. The molecule has 0 amide bonds. The summed E-state index contributed by atoms with van der Waals surface area (Å²) in [6.07, 6.45) is 2.26. The molecule has 0 nitrogen and oxygen atoms in total. The molecule has 156 valence electrons. The zero-order valence-corrected chi connectivity index (χ0v) is 22.6. The molecule has 2 atom stereocenters. The van der Waals surface area contributed by atoms with Gasteiger partial charge in [-0.05, 0) is 0 Å². The summed E-state index contributed by atoms with van der Waals surface area (Å²) in [7, 11) is 0. The number of rotatable bonds is 3. The van der Waals surface area contributed by atoms with Gasteiger partial charge in [-0.15, -0.1) is 0 Å². The van der Waals surface area contributed by atoms with E-state index < -0.39 is 23.2 Å². The average Bonchev–Trinajstić information content (AvgIpc) is 3.17. The van der Waals surface area contributed by atoms with E-state index in [4.69, 9.17) is 0 Å². The molecule has 0 saturated carbocycles. The number of halogens is 2. The monoisotopic (exact) mass is 498 g/mol. The number of allylic oxidation sites excluding steroid dienone is 5. The van der Waals surface area contributed by atoms with Gasteiger partial charge in [0, 0.05) is 0 Å². The van der Waals surface area contributed by atoms with E-state index >= 15 is 0 Å². The van der Waals surface area contributed by atoms with E-state index in [1.165, 1.54) is 40.5 Å². The Kier molecular flexibility index (Phi) is 5.15. The molecule has 0 heterocycles. The molecule has 2 aliphatic carbocycles. The molecule has 30 heavy (non-hydrogen) atoms. The van der Waals surface area contributed by atoms with Crippen LogP contribution in [-0.2, 0) is 17.4 Å². The van der Waals surface area contributed by atoms with Crippen LogP contribution in [0.15, 0.2) is 68.5 Å². The van der Waals surface area contributed by atoms with Gasteiger partial charge in [-0.2, -0.15) is 0 Å². The van der Waals surface area contributed by atoms with Gasteiger partial charge in [0.2, 0.25) is 0 Å². The minimum atomic E-state index is -3.54. The predicted octanol–water partition coefficient (Wildman–Crippen LogP) is 7.05. The normalized spacial score (nSPS) is 22.0. The van der Waals surface area contributed by atoms with Crippen LogP contribution in [0.2, 0.25) is 9.26 Å². The Morgan fingerprint density at radius 2 is 1.57 bits per heavy atom. The van der Waals surface area contributed by atoms with E-state index in [0.717, 1.165) is 11.1 Å². The van der Waals surface area contributed by atoms with Crippen molar-refractivity contribution in [2.45, 2.75) is 40.6 Å². The minimum absolute atomic E-state index is 0.268. The quantitative estimate of drug-likeness (QED) is 0.397. The molecule has 0 radical (unpaired) electrons. The van der Waals surface area contributed by atoms with E-state index in [9.17, 15) is 8.78 Å². The Balaban J connectivity index is 1.97. The number of fused-ring (bicyclic) bond motifs is 1. The fraction of sp³-hybridized carbons (Fsp3) is 0.308. The van der Waals surface area contributed by atoms with Gasteiger partial charge in [-0.3, -0.25) is 0 Å². The van der Waals surface area contributed by atoms with Crippen LogP contribution in [0.25, 0.3) is 5.57 Å². The maximum atomic E-state index is 14.8. The van der Waals surface area contributed by atoms with E-state index in [1.54, 1.807) is 3.28 Å². The van der Waals surface area contributed by atoms with E-state index in [-0.39, 0.29) is 9.44 Å². The first kappa shape index (κ1) is 21.8. The van der Waals surface area contributed by atoms with E-state index in [2.05, 4.69) is 68.1 Å². The van der Waals surface area contributed by atoms with Crippen molar-refractivity contribution in [3.05, 3.63) is 96.9 Å². The van der Waals surface area contributed by atoms with Crippen molar-refractivity contribution in [1.82, 2.24) is 0 Å². The molecule has 0 fully saturated rings. The standard InChI is InChI=1S/C15H9F2.C9H13.2CH3.H2Si.Zr/c16-11-6-8-15(17)14(9-11)13-7-5-10-3-1-2-4-12(10)13;1-6-5-7(2)9(4)8(6)3;;;;/h1-9H;6H,1-4H3;2*1H3;1H2;. The molecular weight excluding hydrogens is 470 g/mol. The van der Waals surface area contributed by atoms with Crippen LogP contribution in [0.3, 0.4) is 0 Å². The van der Waals surface area contributed by atoms with E-state index in [1.807, 2.05) is 6.07 Å². The Morgan fingerprint density at radius 3 is 2.20 bits per heavy atom. The summed E-state index contributed by atoms with van der Waals surface area (Å²) >= 11 is -3.54. The molecule has 0 N–H and O–H groups in total. The SMILES string of the molecule is CC1=C(C)C(C)[C]([Zr]([CH3])([CH3])(=[SiH2])[CH]2C=C(c3cc(F)ccc3F)c3ccccc32)=C1C. The number of hydrogen-bond donors (Lipinski definition) is 0. The topological polar surface area (TPSA) is 0 Å². The molecule has 0 aliphatic heterocycles. The van der Waals surface area contributed by atoms with Crippen molar-refractivity contribution in [3.8, 4) is 0 Å². The Morgan fingerprint density at radius 1 is 0.900 bits per heavy atom. The van der Waals surface area contributed by atoms with Crippen LogP contribution in [0, 0.1) is 17.6 Å². The summed E-state index contributed by atoms with van der Waals surface area (Å²) in [6, 6.07) is 12.1. The van der Waals surface area contributed by atoms with Gasteiger partial charge in [-0.1, -0.05) is 0 Å². The van der Waals surface area contributed by atoms with Crippen LogP contribution in [-0.4, -0.2) is 6.88 Å². The second-order valence-corrected chi connectivity index (χ2v) is 39.7. The van der Waals surface area contributed by atoms with Crippen LogP contribution >= 0.6 is 0 Å². The van der Waals surface area contributed by atoms with Gasteiger partial charge < -0.3 is 0 Å². The van der Waals surface area contributed by atoms with Gasteiger partial charge in [0.1, 0.15) is 0 Å².